The number of phenols is 1. The number of hydrogen-bond donors (Lipinski definition) is 1. The summed E-state index contributed by atoms with van der Waals surface area (Å²) in [5, 5.41) is 8.60. The molecule has 0 heterocycles. The summed E-state index contributed by atoms with van der Waals surface area (Å²) >= 11 is 0. The van der Waals surface area contributed by atoms with Crippen molar-refractivity contribution in [1.82, 2.24) is 0 Å². The van der Waals surface area contributed by atoms with E-state index in [0.29, 0.717) is 0 Å². The molecule has 0 saturated heterocycles. The Balaban J connectivity index is 3.52. The highest BCUT2D eigenvalue weighted by atomic mass is 19.2. The predicted octanol–water partition coefficient (Wildman–Crippen LogP) is 1.62. The smallest absolute Gasteiger partial charge is 0.178 e. The van der Waals surface area contributed by atoms with E-state index >= 15 is 0 Å². The molecule has 0 aliphatic heterocycles. The third-order valence-electron chi connectivity index (χ3n) is 1.29. The third kappa shape index (κ3) is 1.13. The molecular formula is C7H3F3O2. The summed E-state index contributed by atoms with van der Waals surface area (Å²) in [6.07, 6.45) is -0.201. The second-order valence-corrected chi connectivity index (χ2v) is 2.04. The van der Waals surface area contributed by atoms with E-state index < -0.39 is 28.8 Å². The molecular weight excluding hydrogens is 173 g/mol. The zero-order valence-corrected chi connectivity index (χ0v) is 5.64. The minimum atomic E-state index is -1.60. The average Bonchev–Trinajstić information content (AvgIpc) is 2.02. The molecule has 0 aliphatic carbocycles. The van der Waals surface area contributed by atoms with Crippen molar-refractivity contribution in [3.8, 4) is 5.75 Å². The van der Waals surface area contributed by atoms with Crippen LogP contribution in [0.4, 0.5) is 13.2 Å². The molecule has 0 bridgehead atoms. The fourth-order valence-corrected chi connectivity index (χ4v) is 0.713. The number of rotatable bonds is 1. The molecule has 2 nitrogen and oxygen atoms in total. The first-order valence-corrected chi connectivity index (χ1v) is 2.89. The van der Waals surface area contributed by atoms with Gasteiger partial charge in [-0.15, -0.1) is 0 Å². The van der Waals surface area contributed by atoms with Crippen molar-refractivity contribution in [2.75, 3.05) is 0 Å². The quantitative estimate of drug-likeness (QED) is 0.521. The lowest BCUT2D eigenvalue weighted by Crippen LogP contribution is -1.97. The Morgan fingerprint density at radius 1 is 1.25 bits per heavy atom. The first-order valence-electron chi connectivity index (χ1n) is 2.89. The maximum Gasteiger partial charge on any atom is 0.178 e. The highest BCUT2D eigenvalue weighted by Gasteiger charge is 2.17. The molecule has 64 valence electrons. The van der Waals surface area contributed by atoms with Crippen LogP contribution in [-0.2, 0) is 0 Å². The number of hydrogen-bond acceptors (Lipinski definition) is 2. The number of aromatic hydroxyl groups is 1. The van der Waals surface area contributed by atoms with Crippen molar-refractivity contribution < 1.29 is 23.1 Å². The second kappa shape index (κ2) is 2.84. The van der Waals surface area contributed by atoms with Gasteiger partial charge in [0, 0.05) is 6.07 Å². The summed E-state index contributed by atoms with van der Waals surface area (Å²) < 4.78 is 37.4. The van der Waals surface area contributed by atoms with Crippen LogP contribution in [0.1, 0.15) is 10.4 Å². The van der Waals surface area contributed by atoms with Gasteiger partial charge in [0.25, 0.3) is 0 Å². The summed E-state index contributed by atoms with van der Waals surface area (Å²) in [4.78, 5) is 9.99. The number of benzene rings is 1. The first kappa shape index (κ1) is 8.58. The van der Waals surface area contributed by atoms with Gasteiger partial charge in [-0.1, -0.05) is 0 Å². The molecule has 1 aromatic rings. The Morgan fingerprint density at radius 2 is 1.83 bits per heavy atom. The van der Waals surface area contributed by atoms with Crippen LogP contribution in [0.2, 0.25) is 0 Å². The SMILES string of the molecule is O=Cc1c(F)c(O)cc(F)c1F. The Hall–Kier alpha value is -1.52. The molecule has 1 rings (SSSR count). The highest BCUT2D eigenvalue weighted by Crippen LogP contribution is 2.22. The van der Waals surface area contributed by atoms with Crippen molar-refractivity contribution in [1.29, 1.82) is 0 Å². The maximum absolute atomic E-state index is 12.6. The fourth-order valence-electron chi connectivity index (χ4n) is 0.713. The second-order valence-electron chi connectivity index (χ2n) is 2.04. The first-order chi connectivity index (χ1) is 5.57. The van der Waals surface area contributed by atoms with Crippen LogP contribution in [0, 0.1) is 17.5 Å². The monoisotopic (exact) mass is 176 g/mol. The molecule has 0 aromatic heterocycles. The van der Waals surface area contributed by atoms with Crippen LogP contribution < -0.4 is 0 Å². The van der Waals surface area contributed by atoms with Gasteiger partial charge >= 0.3 is 0 Å². The zero-order chi connectivity index (χ0) is 9.30. The molecule has 12 heavy (non-hydrogen) atoms. The van der Waals surface area contributed by atoms with Gasteiger partial charge in [-0.3, -0.25) is 4.79 Å². The van der Waals surface area contributed by atoms with Gasteiger partial charge < -0.3 is 5.11 Å². The summed E-state index contributed by atoms with van der Waals surface area (Å²) in [5.41, 5.74) is -1.10. The molecule has 0 amide bonds. The number of aldehydes is 1. The third-order valence-corrected chi connectivity index (χ3v) is 1.29. The largest absolute Gasteiger partial charge is 0.505 e. The molecule has 0 atom stereocenters. The van der Waals surface area contributed by atoms with Gasteiger partial charge in [-0.25, -0.2) is 13.2 Å². The average molecular weight is 176 g/mol. The fraction of sp³-hybridized carbons (Fsp3) is 0. The van der Waals surface area contributed by atoms with E-state index in [9.17, 15) is 18.0 Å². The molecule has 0 spiro atoms. The van der Waals surface area contributed by atoms with Crippen LogP contribution in [0.15, 0.2) is 6.07 Å². The van der Waals surface area contributed by atoms with Gasteiger partial charge in [-0.2, -0.15) is 0 Å². The predicted molar refractivity (Wildman–Crippen MR) is 33.4 cm³/mol. The summed E-state index contributed by atoms with van der Waals surface area (Å²) in [5.74, 6) is -5.60. The van der Waals surface area contributed by atoms with Gasteiger partial charge in [0.05, 0.1) is 5.56 Å². The standard InChI is InChI=1S/C7H3F3O2/c8-4-1-5(12)7(10)3(2-11)6(4)9/h1-2,12H. The minimum absolute atomic E-state index is 0.201. The minimum Gasteiger partial charge on any atom is -0.505 e. The van der Waals surface area contributed by atoms with Crippen molar-refractivity contribution in [2.24, 2.45) is 0 Å². The molecule has 0 radical (unpaired) electrons. The van der Waals surface area contributed by atoms with Crippen molar-refractivity contribution in [3.63, 3.8) is 0 Å². The number of halogens is 3. The van der Waals surface area contributed by atoms with E-state index in [2.05, 4.69) is 0 Å². The summed E-state index contributed by atoms with van der Waals surface area (Å²) in [6.45, 7) is 0. The van der Waals surface area contributed by atoms with Crippen LogP contribution >= 0.6 is 0 Å². The van der Waals surface area contributed by atoms with Crippen LogP contribution in [0.5, 0.6) is 5.75 Å². The normalized spacial score (nSPS) is 9.92. The van der Waals surface area contributed by atoms with Gasteiger partial charge in [0.15, 0.2) is 29.5 Å². The highest BCUT2D eigenvalue weighted by molar-refractivity contribution is 5.76. The van der Waals surface area contributed by atoms with Crippen molar-refractivity contribution in [2.45, 2.75) is 0 Å². The Morgan fingerprint density at radius 3 is 2.33 bits per heavy atom. The van der Waals surface area contributed by atoms with Crippen LogP contribution in [0.3, 0.4) is 0 Å². The van der Waals surface area contributed by atoms with Gasteiger partial charge in [-0.05, 0) is 0 Å². The molecule has 1 aromatic carbocycles. The van der Waals surface area contributed by atoms with Gasteiger partial charge in [0.1, 0.15) is 0 Å². The van der Waals surface area contributed by atoms with E-state index in [0.717, 1.165) is 0 Å². The van der Waals surface area contributed by atoms with Crippen LogP contribution in [-0.4, -0.2) is 11.4 Å². The lowest BCUT2D eigenvalue weighted by Gasteiger charge is -2.00. The number of carbonyl (C=O) groups is 1. The molecule has 1 N–H and O–H groups in total. The number of carbonyl (C=O) groups excluding carboxylic acids is 1. The van der Waals surface area contributed by atoms with E-state index in [1.54, 1.807) is 0 Å². The number of phenolic OH excluding ortho intramolecular Hbond substituents is 1. The van der Waals surface area contributed by atoms with E-state index in [1.165, 1.54) is 0 Å². The molecule has 0 saturated carbocycles. The zero-order valence-electron chi connectivity index (χ0n) is 5.64. The van der Waals surface area contributed by atoms with E-state index in [-0.39, 0.29) is 12.4 Å². The topological polar surface area (TPSA) is 37.3 Å². The van der Waals surface area contributed by atoms with E-state index in [4.69, 9.17) is 5.11 Å². The summed E-state index contributed by atoms with van der Waals surface area (Å²) in [7, 11) is 0. The van der Waals surface area contributed by atoms with Gasteiger partial charge in [0.2, 0.25) is 0 Å². The summed E-state index contributed by atoms with van der Waals surface area (Å²) in [6, 6.07) is 0.262. The Bertz CT molecular complexity index is 310. The maximum atomic E-state index is 12.6. The van der Waals surface area contributed by atoms with Crippen molar-refractivity contribution in [3.05, 3.63) is 29.1 Å². The Kier molecular flexibility index (Phi) is 2.03. The van der Waals surface area contributed by atoms with Crippen molar-refractivity contribution >= 4 is 6.29 Å². The molecule has 0 fully saturated rings. The van der Waals surface area contributed by atoms with E-state index in [1.807, 2.05) is 0 Å². The molecule has 0 aliphatic rings. The lowest BCUT2D eigenvalue weighted by atomic mass is 10.2. The molecule has 0 unspecified atom stereocenters. The molecule has 5 heteroatoms. The van der Waals surface area contributed by atoms with Crippen LogP contribution in [0.25, 0.3) is 0 Å². The lowest BCUT2D eigenvalue weighted by molar-refractivity contribution is 0.111. The Labute approximate surface area is 65.2 Å².